The van der Waals surface area contributed by atoms with Gasteiger partial charge in [0.05, 0.1) is 17.8 Å². The molecule has 0 bridgehead atoms. The summed E-state index contributed by atoms with van der Waals surface area (Å²) in [5, 5.41) is 3.91. The highest BCUT2D eigenvalue weighted by Crippen LogP contribution is 2.30. The number of aromatic nitrogens is 1. The Kier molecular flexibility index (Phi) is 6.08. The van der Waals surface area contributed by atoms with Crippen LogP contribution in [0.15, 0.2) is 24.5 Å². The number of ether oxygens (including phenoxy) is 1. The maximum absolute atomic E-state index is 12.9. The first-order valence-corrected chi connectivity index (χ1v) is 9.01. The van der Waals surface area contributed by atoms with Crippen molar-refractivity contribution in [1.29, 1.82) is 0 Å². The molecule has 0 aromatic carbocycles. The molecule has 134 valence electrons. The van der Waals surface area contributed by atoms with Crippen LogP contribution in [0.5, 0.6) is 0 Å². The highest BCUT2D eigenvalue weighted by molar-refractivity contribution is 5.71. The van der Waals surface area contributed by atoms with Crippen molar-refractivity contribution >= 4 is 11.8 Å². The third-order valence-electron chi connectivity index (χ3n) is 4.15. The number of rotatable bonds is 4. The standard InChI is InChI=1S/C19H31N3O2/c1-15(2)21(18(23)24-19(3,4)5)22(16-9-7-6-8-10-16)17-11-13-20-14-12-17/h11-16H,6-10H2,1-5H3. The first-order valence-electron chi connectivity index (χ1n) is 9.01. The molecule has 2 rings (SSSR count). The molecule has 1 heterocycles. The van der Waals surface area contributed by atoms with E-state index in [1.54, 1.807) is 17.4 Å². The van der Waals surface area contributed by atoms with Gasteiger partial charge in [0.1, 0.15) is 5.60 Å². The third-order valence-corrected chi connectivity index (χ3v) is 4.15. The fourth-order valence-electron chi connectivity index (χ4n) is 3.19. The first-order chi connectivity index (χ1) is 11.3. The highest BCUT2D eigenvalue weighted by Gasteiger charge is 2.34. The van der Waals surface area contributed by atoms with Crippen LogP contribution in [0.3, 0.4) is 0 Å². The van der Waals surface area contributed by atoms with Gasteiger partial charge in [-0.3, -0.25) is 9.99 Å². The predicted molar refractivity (Wildman–Crippen MR) is 96.8 cm³/mol. The fraction of sp³-hybridized carbons (Fsp3) is 0.684. The lowest BCUT2D eigenvalue weighted by Crippen LogP contribution is -2.56. The molecule has 0 N–H and O–H groups in total. The Balaban J connectivity index is 2.35. The van der Waals surface area contributed by atoms with Crippen molar-refractivity contribution < 1.29 is 9.53 Å². The monoisotopic (exact) mass is 333 g/mol. The van der Waals surface area contributed by atoms with E-state index in [0.717, 1.165) is 18.5 Å². The molecule has 1 aromatic rings. The molecule has 1 saturated carbocycles. The van der Waals surface area contributed by atoms with E-state index in [0.29, 0.717) is 6.04 Å². The number of hydrazine groups is 1. The summed E-state index contributed by atoms with van der Waals surface area (Å²) in [7, 11) is 0. The number of amides is 1. The molecule has 24 heavy (non-hydrogen) atoms. The van der Waals surface area contributed by atoms with Crippen molar-refractivity contribution in [1.82, 2.24) is 9.99 Å². The van der Waals surface area contributed by atoms with E-state index in [2.05, 4.69) is 9.99 Å². The molecule has 5 heteroatoms. The molecule has 1 aliphatic rings. The highest BCUT2D eigenvalue weighted by atomic mass is 16.6. The van der Waals surface area contributed by atoms with Crippen LogP contribution in [-0.4, -0.2) is 33.8 Å². The van der Waals surface area contributed by atoms with E-state index < -0.39 is 5.60 Å². The molecule has 0 radical (unpaired) electrons. The van der Waals surface area contributed by atoms with Gasteiger partial charge in [-0.05, 0) is 59.6 Å². The molecule has 1 aliphatic carbocycles. The number of hydrogen-bond donors (Lipinski definition) is 0. The Morgan fingerprint density at radius 1 is 1.17 bits per heavy atom. The van der Waals surface area contributed by atoms with Crippen LogP contribution < -0.4 is 5.01 Å². The number of carbonyl (C=O) groups is 1. The summed E-state index contributed by atoms with van der Waals surface area (Å²) in [6.07, 6.45) is 9.12. The van der Waals surface area contributed by atoms with E-state index in [1.807, 2.05) is 46.8 Å². The van der Waals surface area contributed by atoms with E-state index in [1.165, 1.54) is 19.3 Å². The third kappa shape index (κ3) is 4.86. The molecular weight excluding hydrogens is 302 g/mol. The summed E-state index contributed by atoms with van der Waals surface area (Å²) in [4.78, 5) is 17.0. The van der Waals surface area contributed by atoms with E-state index >= 15 is 0 Å². The summed E-state index contributed by atoms with van der Waals surface area (Å²) in [5.41, 5.74) is 0.484. The van der Waals surface area contributed by atoms with Crippen LogP contribution in [0.2, 0.25) is 0 Å². The molecular formula is C19H31N3O2. The number of nitrogens with zero attached hydrogens (tertiary/aromatic N) is 3. The van der Waals surface area contributed by atoms with Crippen molar-refractivity contribution in [3.63, 3.8) is 0 Å². The minimum absolute atomic E-state index is 0.00921. The second-order valence-electron chi connectivity index (χ2n) is 7.76. The zero-order valence-corrected chi connectivity index (χ0v) is 15.7. The van der Waals surface area contributed by atoms with Crippen LogP contribution in [0.4, 0.5) is 10.5 Å². The van der Waals surface area contributed by atoms with Crippen LogP contribution in [0.25, 0.3) is 0 Å². The summed E-state index contributed by atoms with van der Waals surface area (Å²) in [6, 6.07) is 4.26. The Hall–Kier alpha value is -1.78. The van der Waals surface area contributed by atoms with Gasteiger partial charge in [-0.2, -0.15) is 0 Å². The minimum Gasteiger partial charge on any atom is -0.442 e. The quantitative estimate of drug-likeness (QED) is 0.744. The lowest BCUT2D eigenvalue weighted by atomic mass is 9.94. The molecule has 0 spiro atoms. The average molecular weight is 333 g/mol. The second-order valence-corrected chi connectivity index (χ2v) is 7.76. The Bertz CT molecular complexity index is 519. The summed E-state index contributed by atoms with van der Waals surface area (Å²) < 4.78 is 5.68. The zero-order chi connectivity index (χ0) is 17.7. The van der Waals surface area contributed by atoms with Crippen LogP contribution >= 0.6 is 0 Å². The topological polar surface area (TPSA) is 45.7 Å². The maximum atomic E-state index is 12.9. The molecule has 0 unspecified atom stereocenters. The van der Waals surface area contributed by atoms with Gasteiger partial charge >= 0.3 is 6.09 Å². The molecule has 0 aliphatic heterocycles. The molecule has 0 atom stereocenters. The number of anilines is 1. The van der Waals surface area contributed by atoms with Gasteiger partial charge < -0.3 is 4.74 Å². The van der Waals surface area contributed by atoms with Crippen LogP contribution in [-0.2, 0) is 4.74 Å². The van der Waals surface area contributed by atoms with Gasteiger partial charge in [-0.1, -0.05) is 19.3 Å². The SMILES string of the molecule is CC(C)N(C(=O)OC(C)(C)C)N(c1ccncc1)C1CCCCC1. The summed E-state index contributed by atoms with van der Waals surface area (Å²) >= 11 is 0. The average Bonchev–Trinajstić information content (AvgIpc) is 2.52. The van der Waals surface area contributed by atoms with Gasteiger partial charge in [0, 0.05) is 12.4 Å². The molecule has 5 nitrogen and oxygen atoms in total. The first kappa shape index (κ1) is 18.6. The lowest BCUT2D eigenvalue weighted by molar-refractivity contribution is 0.0124. The Morgan fingerprint density at radius 2 is 1.75 bits per heavy atom. The van der Waals surface area contributed by atoms with Crippen LogP contribution in [0.1, 0.15) is 66.7 Å². The molecule has 0 saturated heterocycles. The lowest BCUT2D eigenvalue weighted by Gasteiger charge is -2.45. The van der Waals surface area contributed by atoms with Crippen molar-refractivity contribution in [2.45, 2.75) is 84.4 Å². The fourth-order valence-corrected chi connectivity index (χ4v) is 3.19. The van der Waals surface area contributed by atoms with Gasteiger partial charge in [-0.25, -0.2) is 9.80 Å². The predicted octanol–water partition coefficient (Wildman–Crippen LogP) is 4.78. The summed E-state index contributed by atoms with van der Waals surface area (Å²) in [5.74, 6) is 0. The van der Waals surface area contributed by atoms with Crippen molar-refractivity contribution in [3.05, 3.63) is 24.5 Å². The normalized spacial score (nSPS) is 16.1. The second kappa shape index (κ2) is 7.86. The van der Waals surface area contributed by atoms with Gasteiger partial charge in [-0.15, -0.1) is 0 Å². The maximum Gasteiger partial charge on any atom is 0.429 e. The summed E-state index contributed by atoms with van der Waals surface area (Å²) in [6.45, 7) is 9.77. The van der Waals surface area contributed by atoms with Crippen molar-refractivity contribution in [3.8, 4) is 0 Å². The largest absolute Gasteiger partial charge is 0.442 e. The minimum atomic E-state index is -0.513. The zero-order valence-electron chi connectivity index (χ0n) is 15.7. The van der Waals surface area contributed by atoms with Gasteiger partial charge in [0.2, 0.25) is 0 Å². The number of hydrogen-bond acceptors (Lipinski definition) is 4. The van der Waals surface area contributed by atoms with Crippen molar-refractivity contribution in [2.24, 2.45) is 0 Å². The van der Waals surface area contributed by atoms with E-state index in [4.69, 9.17) is 4.74 Å². The van der Waals surface area contributed by atoms with E-state index in [9.17, 15) is 4.79 Å². The Labute approximate surface area is 146 Å². The molecule has 1 fully saturated rings. The number of pyridine rings is 1. The Morgan fingerprint density at radius 3 is 2.25 bits per heavy atom. The molecule has 1 aromatic heterocycles. The van der Waals surface area contributed by atoms with Gasteiger partial charge in [0.25, 0.3) is 0 Å². The van der Waals surface area contributed by atoms with Crippen LogP contribution in [0, 0.1) is 0 Å². The van der Waals surface area contributed by atoms with Gasteiger partial charge in [0.15, 0.2) is 0 Å². The van der Waals surface area contributed by atoms with Crippen molar-refractivity contribution in [2.75, 3.05) is 5.01 Å². The number of carbonyl (C=O) groups excluding carboxylic acids is 1. The van der Waals surface area contributed by atoms with E-state index in [-0.39, 0.29) is 12.1 Å². The smallest absolute Gasteiger partial charge is 0.429 e. The molecule has 1 amide bonds.